The lowest BCUT2D eigenvalue weighted by atomic mass is 10.0. The van der Waals surface area contributed by atoms with Crippen molar-refractivity contribution in [3.63, 3.8) is 0 Å². The van der Waals surface area contributed by atoms with E-state index in [2.05, 4.69) is 63.2 Å². The van der Waals surface area contributed by atoms with Crippen molar-refractivity contribution in [3.8, 4) is 0 Å². The molecule has 3 heteroatoms. The van der Waals surface area contributed by atoms with Gasteiger partial charge in [0.15, 0.2) is 0 Å². The van der Waals surface area contributed by atoms with Crippen molar-refractivity contribution in [2.24, 2.45) is 0 Å². The van der Waals surface area contributed by atoms with Crippen LogP contribution in [0.3, 0.4) is 0 Å². The Hall–Kier alpha value is -1.61. The van der Waals surface area contributed by atoms with Gasteiger partial charge in [0, 0.05) is 21.7 Å². The highest BCUT2D eigenvalue weighted by atomic mass is 79.9. The molecule has 0 spiro atoms. The third-order valence-electron chi connectivity index (χ3n) is 3.16. The van der Waals surface area contributed by atoms with Crippen molar-refractivity contribution in [2.45, 2.75) is 13.3 Å². The maximum atomic E-state index is 4.40. The van der Waals surface area contributed by atoms with Crippen molar-refractivity contribution >= 4 is 27.0 Å². The Balaban J connectivity index is 2.11. The first-order chi connectivity index (χ1) is 8.74. The average molecular weight is 301 g/mol. The van der Waals surface area contributed by atoms with Crippen molar-refractivity contribution < 1.29 is 0 Å². The number of hydrogen-bond donors (Lipinski definition) is 1. The molecule has 3 rings (SSSR count). The van der Waals surface area contributed by atoms with Crippen molar-refractivity contribution in [1.82, 2.24) is 9.97 Å². The molecule has 18 heavy (non-hydrogen) atoms. The molecule has 0 aliphatic carbocycles. The largest absolute Gasteiger partial charge is 0.343 e. The molecule has 0 unspecified atom stereocenters. The van der Waals surface area contributed by atoms with Gasteiger partial charge in [-0.15, -0.1) is 0 Å². The summed E-state index contributed by atoms with van der Waals surface area (Å²) in [6.07, 6.45) is 2.76. The molecule has 2 aromatic heterocycles. The van der Waals surface area contributed by atoms with E-state index in [1.54, 1.807) is 0 Å². The molecule has 90 valence electrons. The normalized spacial score (nSPS) is 11.0. The molecule has 3 aromatic rings. The van der Waals surface area contributed by atoms with E-state index in [1.807, 2.05) is 12.3 Å². The third kappa shape index (κ3) is 2.06. The predicted molar refractivity (Wildman–Crippen MR) is 77.8 cm³/mol. The molecule has 0 saturated heterocycles. The molecule has 0 radical (unpaired) electrons. The van der Waals surface area contributed by atoms with Crippen molar-refractivity contribution in [3.05, 3.63) is 63.9 Å². The quantitative estimate of drug-likeness (QED) is 0.754. The molecular weight excluding hydrogens is 288 g/mol. The first kappa shape index (κ1) is 11.5. The summed E-state index contributed by atoms with van der Waals surface area (Å²) in [4.78, 5) is 7.74. The molecule has 0 bridgehead atoms. The number of hydrogen-bond acceptors (Lipinski definition) is 1. The highest BCUT2D eigenvalue weighted by Gasteiger charge is 2.10. The fourth-order valence-corrected chi connectivity index (χ4v) is 2.58. The number of fused-ring (bicyclic) bond motifs is 1. The fraction of sp³-hybridized carbons (Fsp3) is 0.133. The fourth-order valence-electron chi connectivity index (χ4n) is 2.25. The summed E-state index contributed by atoms with van der Waals surface area (Å²) in [5.41, 5.74) is 4.80. The van der Waals surface area contributed by atoms with Crippen LogP contribution in [0.1, 0.15) is 16.8 Å². The van der Waals surface area contributed by atoms with Gasteiger partial charge in [-0.05, 0) is 46.5 Å². The number of H-pyrrole nitrogens is 1. The van der Waals surface area contributed by atoms with Crippen LogP contribution in [-0.2, 0) is 6.42 Å². The van der Waals surface area contributed by atoms with Gasteiger partial charge < -0.3 is 4.98 Å². The van der Waals surface area contributed by atoms with E-state index in [0.717, 1.165) is 16.5 Å². The summed E-state index contributed by atoms with van der Waals surface area (Å²) in [6.45, 7) is 2.11. The third-order valence-corrected chi connectivity index (χ3v) is 3.60. The van der Waals surface area contributed by atoms with Crippen LogP contribution in [0, 0.1) is 6.92 Å². The lowest BCUT2D eigenvalue weighted by molar-refractivity contribution is 1.14. The first-order valence-corrected chi connectivity index (χ1v) is 6.70. The number of nitrogens with one attached hydrogen (secondary N) is 1. The molecule has 0 amide bonds. The zero-order valence-electron chi connectivity index (χ0n) is 10.1. The monoisotopic (exact) mass is 300 g/mol. The molecule has 0 aliphatic rings. The zero-order chi connectivity index (χ0) is 12.5. The van der Waals surface area contributed by atoms with Crippen LogP contribution >= 0.6 is 15.9 Å². The standard InChI is InChI=1S/C15H13BrN2/c1-10-13(7-11-5-3-2-4-6-11)14-8-12(16)9-17-15(14)18-10/h2-6,8-9H,7H2,1H3,(H,17,18). The van der Waals surface area contributed by atoms with E-state index in [-0.39, 0.29) is 0 Å². The number of rotatable bonds is 2. The Morgan fingerprint density at radius 1 is 1.22 bits per heavy atom. The van der Waals surface area contributed by atoms with Crippen LogP contribution in [0.5, 0.6) is 0 Å². The highest BCUT2D eigenvalue weighted by molar-refractivity contribution is 9.10. The molecule has 2 heterocycles. The number of halogens is 1. The molecular formula is C15H13BrN2. The minimum Gasteiger partial charge on any atom is -0.343 e. The van der Waals surface area contributed by atoms with Crippen molar-refractivity contribution in [1.29, 1.82) is 0 Å². The number of benzene rings is 1. The summed E-state index contributed by atoms with van der Waals surface area (Å²) < 4.78 is 1.02. The van der Waals surface area contributed by atoms with Gasteiger partial charge in [-0.25, -0.2) is 4.98 Å². The minimum atomic E-state index is 0.935. The lowest BCUT2D eigenvalue weighted by Gasteiger charge is -2.02. The SMILES string of the molecule is Cc1[nH]c2ncc(Br)cc2c1Cc1ccccc1. The van der Waals surface area contributed by atoms with Gasteiger partial charge in [0.25, 0.3) is 0 Å². The topological polar surface area (TPSA) is 28.7 Å². The van der Waals surface area contributed by atoms with E-state index >= 15 is 0 Å². The smallest absolute Gasteiger partial charge is 0.137 e. The lowest BCUT2D eigenvalue weighted by Crippen LogP contribution is -1.89. The van der Waals surface area contributed by atoms with Crippen LogP contribution in [0.25, 0.3) is 11.0 Å². The van der Waals surface area contributed by atoms with Crippen LogP contribution in [0.15, 0.2) is 47.1 Å². The van der Waals surface area contributed by atoms with E-state index in [4.69, 9.17) is 0 Å². The van der Waals surface area contributed by atoms with Gasteiger partial charge in [-0.3, -0.25) is 0 Å². The number of aromatic nitrogens is 2. The Morgan fingerprint density at radius 3 is 2.78 bits per heavy atom. The number of aromatic amines is 1. The molecule has 0 aliphatic heterocycles. The van der Waals surface area contributed by atoms with Crippen molar-refractivity contribution in [2.75, 3.05) is 0 Å². The maximum Gasteiger partial charge on any atom is 0.137 e. The molecule has 0 atom stereocenters. The van der Waals surface area contributed by atoms with Gasteiger partial charge in [-0.2, -0.15) is 0 Å². The number of aryl methyl sites for hydroxylation is 1. The van der Waals surface area contributed by atoms with Crippen LogP contribution < -0.4 is 0 Å². The summed E-state index contributed by atoms with van der Waals surface area (Å²) >= 11 is 3.48. The molecule has 0 fully saturated rings. The van der Waals surface area contributed by atoms with Crippen LogP contribution in [0.2, 0.25) is 0 Å². The van der Waals surface area contributed by atoms with Gasteiger partial charge in [-0.1, -0.05) is 30.3 Å². The molecule has 1 N–H and O–H groups in total. The maximum absolute atomic E-state index is 4.40. The molecule has 2 nitrogen and oxygen atoms in total. The summed E-state index contributed by atoms with van der Waals surface area (Å²) in [7, 11) is 0. The van der Waals surface area contributed by atoms with Crippen LogP contribution in [-0.4, -0.2) is 9.97 Å². The van der Waals surface area contributed by atoms with Gasteiger partial charge in [0.1, 0.15) is 5.65 Å². The second-order valence-corrected chi connectivity index (χ2v) is 5.36. The Kier molecular flexibility index (Phi) is 2.92. The number of nitrogens with zero attached hydrogens (tertiary/aromatic N) is 1. The van der Waals surface area contributed by atoms with Gasteiger partial charge >= 0.3 is 0 Å². The van der Waals surface area contributed by atoms with E-state index < -0.39 is 0 Å². The number of pyridine rings is 1. The molecule has 1 aromatic carbocycles. The Bertz CT molecular complexity index is 686. The first-order valence-electron chi connectivity index (χ1n) is 5.90. The average Bonchev–Trinajstić information content (AvgIpc) is 2.67. The van der Waals surface area contributed by atoms with E-state index in [9.17, 15) is 0 Å². The Labute approximate surface area is 114 Å². The van der Waals surface area contributed by atoms with Crippen LogP contribution in [0.4, 0.5) is 0 Å². The summed E-state index contributed by atoms with van der Waals surface area (Å²) in [5.74, 6) is 0. The predicted octanol–water partition coefficient (Wildman–Crippen LogP) is 4.22. The minimum absolute atomic E-state index is 0.935. The van der Waals surface area contributed by atoms with E-state index in [1.165, 1.54) is 22.2 Å². The second kappa shape index (κ2) is 4.58. The second-order valence-electron chi connectivity index (χ2n) is 4.44. The van der Waals surface area contributed by atoms with Gasteiger partial charge in [0.05, 0.1) is 0 Å². The molecule has 0 saturated carbocycles. The summed E-state index contributed by atoms with van der Waals surface area (Å²) in [6, 6.07) is 12.6. The van der Waals surface area contributed by atoms with E-state index in [0.29, 0.717) is 0 Å². The highest BCUT2D eigenvalue weighted by Crippen LogP contribution is 2.25. The Morgan fingerprint density at radius 2 is 2.00 bits per heavy atom. The zero-order valence-corrected chi connectivity index (χ0v) is 11.7. The summed E-state index contributed by atoms with van der Waals surface area (Å²) in [5, 5.41) is 1.20. The van der Waals surface area contributed by atoms with Gasteiger partial charge in [0.2, 0.25) is 0 Å².